The number of allylic oxidation sites excluding steroid dienone is 9. The molecule has 0 aliphatic rings. The van der Waals surface area contributed by atoms with Crippen LogP contribution in [-0.4, -0.2) is 23.1 Å². The number of aliphatic carboxylic acids is 1. The van der Waals surface area contributed by atoms with Gasteiger partial charge >= 0.3 is 11.9 Å². The van der Waals surface area contributed by atoms with E-state index in [1.165, 1.54) is 57.8 Å². The molecule has 40 heavy (non-hydrogen) atoms. The van der Waals surface area contributed by atoms with E-state index in [-0.39, 0.29) is 18.5 Å². The number of carbonyl (C=O) groups excluding carboxylic acids is 1. The molecule has 4 heteroatoms. The van der Waals surface area contributed by atoms with E-state index in [1.54, 1.807) is 0 Å². The first-order chi connectivity index (χ1) is 19.6. The lowest BCUT2D eigenvalue weighted by Gasteiger charge is -2.15. The fraction of sp³-hybridized carbons (Fsp3) is 0.667. The number of ether oxygens (including phenoxy) is 1. The standard InChI is InChI=1S/C36H60O4/c1-3-5-7-9-11-13-15-17-18-19-21-23-25-27-29-31-36(39)40-34(32-33-35(37)38)30-28-26-24-22-20-16-14-12-10-8-6-4-2/h11-14,17-18,20,22,26,28,34H,3-10,15-16,19,21,23-25,27,29-33H2,1-2H3,(H,37,38)/b13-11-,14-12?,18-17-,22-20?,28-26?. The lowest BCUT2D eigenvalue weighted by molar-refractivity contribution is -0.151. The molecule has 228 valence electrons. The third kappa shape index (κ3) is 30.2. The Morgan fingerprint density at radius 1 is 0.575 bits per heavy atom. The maximum Gasteiger partial charge on any atom is 0.306 e. The summed E-state index contributed by atoms with van der Waals surface area (Å²) >= 11 is 0. The molecule has 1 atom stereocenters. The minimum atomic E-state index is -0.857. The van der Waals surface area contributed by atoms with E-state index in [0.717, 1.165) is 51.4 Å². The van der Waals surface area contributed by atoms with E-state index in [2.05, 4.69) is 68.5 Å². The van der Waals surface area contributed by atoms with Crippen LogP contribution in [0.1, 0.15) is 149 Å². The van der Waals surface area contributed by atoms with Gasteiger partial charge in [0.1, 0.15) is 6.10 Å². The Morgan fingerprint density at radius 2 is 1.02 bits per heavy atom. The molecule has 0 aliphatic carbocycles. The van der Waals surface area contributed by atoms with Crippen LogP contribution in [0.4, 0.5) is 0 Å². The van der Waals surface area contributed by atoms with Gasteiger partial charge in [-0.25, -0.2) is 0 Å². The lowest BCUT2D eigenvalue weighted by Crippen LogP contribution is -2.19. The van der Waals surface area contributed by atoms with Crippen LogP contribution in [0.3, 0.4) is 0 Å². The van der Waals surface area contributed by atoms with E-state index in [0.29, 0.717) is 19.3 Å². The van der Waals surface area contributed by atoms with E-state index in [1.807, 2.05) is 6.08 Å². The van der Waals surface area contributed by atoms with Crippen molar-refractivity contribution < 1.29 is 19.4 Å². The van der Waals surface area contributed by atoms with Crippen molar-refractivity contribution >= 4 is 11.9 Å². The number of carbonyl (C=O) groups is 2. The zero-order valence-electron chi connectivity index (χ0n) is 25.9. The van der Waals surface area contributed by atoms with Gasteiger partial charge in [-0.05, 0) is 70.6 Å². The Hall–Kier alpha value is -2.36. The molecular formula is C36H60O4. The van der Waals surface area contributed by atoms with Gasteiger partial charge in [-0.15, -0.1) is 0 Å². The molecule has 0 aromatic rings. The molecule has 0 saturated heterocycles. The molecule has 0 spiro atoms. The van der Waals surface area contributed by atoms with Crippen molar-refractivity contribution in [2.75, 3.05) is 0 Å². The molecular weight excluding hydrogens is 496 g/mol. The highest BCUT2D eigenvalue weighted by Gasteiger charge is 2.14. The van der Waals surface area contributed by atoms with Gasteiger partial charge in [0, 0.05) is 19.3 Å². The topological polar surface area (TPSA) is 63.6 Å². The zero-order chi connectivity index (χ0) is 29.4. The second-order valence-corrected chi connectivity index (χ2v) is 10.6. The van der Waals surface area contributed by atoms with Gasteiger partial charge in [0.15, 0.2) is 0 Å². The Bertz CT molecular complexity index is 729. The highest BCUT2D eigenvalue weighted by Crippen LogP contribution is 2.13. The van der Waals surface area contributed by atoms with Gasteiger partial charge in [-0.1, -0.05) is 120 Å². The summed E-state index contributed by atoms with van der Waals surface area (Å²) in [5, 5.41) is 9.04. The molecule has 0 aliphatic heterocycles. The predicted molar refractivity (Wildman–Crippen MR) is 172 cm³/mol. The Kier molecular flexibility index (Phi) is 29.3. The smallest absolute Gasteiger partial charge is 0.306 e. The molecule has 4 nitrogen and oxygen atoms in total. The van der Waals surface area contributed by atoms with Crippen LogP contribution in [-0.2, 0) is 14.3 Å². The highest BCUT2D eigenvalue weighted by molar-refractivity contribution is 5.70. The van der Waals surface area contributed by atoms with Gasteiger partial charge in [0.05, 0.1) is 0 Å². The van der Waals surface area contributed by atoms with Gasteiger partial charge in [-0.3, -0.25) is 9.59 Å². The minimum Gasteiger partial charge on any atom is -0.481 e. The number of unbranched alkanes of at least 4 members (excludes halogenated alkanes) is 11. The minimum absolute atomic E-state index is 0.0139. The average Bonchev–Trinajstić information content (AvgIpc) is 2.94. The Labute approximate surface area is 246 Å². The first-order valence-electron chi connectivity index (χ1n) is 16.3. The van der Waals surface area contributed by atoms with E-state index in [9.17, 15) is 9.59 Å². The fourth-order valence-corrected chi connectivity index (χ4v) is 4.26. The van der Waals surface area contributed by atoms with E-state index >= 15 is 0 Å². The number of rotatable bonds is 28. The van der Waals surface area contributed by atoms with Crippen molar-refractivity contribution in [1.82, 2.24) is 0 Å². The number of carboxylic acids is 1. The SMILES string of the molecule is CCCCCC=CCC=CCC=CCC(CCC(=O)O)OC(=O)CCCCCCC/C=C\C/C=C\CCCCC. The largest absolute Gasteiger partial charge is 0.481 e. The van der Waals surface area contributed by atoms with Crippen LogP contribution < -0.4 is 0 Å². The van der Waals surface area contributed by atoms with Crippen LogP contribution >= 0.6 is 0 Å². The molecule has 0 aromatic carbocycles. The van der Waals surface area contributed by atoms with Crippen molar-refractivity contribution in [3.05, 3.63) is 60.8 Å². The Morgan fingerprint density at radius 3 is 1.55 bits per heavy atom. The van der Waals surface area contributed by atoms with Crippen LogP contribution in [0.5, 0.6) is 0 Å². The second-order valence-electron chi connectivity index (χ2n) is 10.6. The predicted octanol–water partition coefficient (Wildman–Crippen LogP) is 11.0. The van der Waals surface area contributed by atoms with Gasteiger partial charge in [0.2, 0.25) is 0 Å². The maximum atomic E-state index is 12.3. The molecule has 0 amide bonds. The van der Waals surface area contributed by atoms with Gasteiger partial charge < -0.3 is 9.84 Å². The fourth-order valence-electron chi connectivity index (χ4n) is 4.26. The number of carboxylic acid groups (broad SMARTS) is 1. The first-order valence-corrected chi connectivity index (χ1v) is 16.3. The molecule has 0 aromatic heterocycles. The second kappa shape index (κ2) is 31.2. The van der Waals surface area contributed by atoms with Crippen molar-refractivity contribution in [1.29, 1.82) is 0 Å². The summed E-state index contributed by atoms with van der Waals surface area (Å²) in [6.45, 7) is 4.45. The van der Waals surface area contributed by atoms with Crippen molar-refractivity contribution in [3.63, 3.8) is 0 Å². The van der Waals surface area contributed by atoms with Crippen LogP contribution in [0.25, 0.3) is 0 Å². The van der Waals surface area contributed by atoms with Crippen molar-refractivity contribution in [2.24, 2.45) is 0 Å². The third-order valence-electron chi connectivity index (χ3n) is 6.73. The monoisotopic (exact) mass is 556 g/mol. The average molecular weight is 557 g/mol. The maximum absolute atomic E-state index is 12.3. The molecule has 0 bridgehead atoms. The Balaban J connectivity index is 3.99. The zero-order valence-corrected chi connectivity index (χ0v) is 25.9. The molecule has 1 N–H and O–H groups in total. The van der Waals surface area contributed by atoms with Crippen LogP contribution in [0, 0.1) is 0 Å². The van der Waals surface area contributed by atoms with Crippen LogP contribution in [0.15, 0.2) is 60.8 Å². The first kappa shape index (κ1) is 37.6. The van der Waals surface area contributed by atoms with Gasteiger partial charge in [-0.2, -0.15) is 0 Å². The molecule has 0 rings (SSSR count). The normalized spacial score (nSPS) is 13.1. The van der Waals surface area contributed by atoms with Crippen molar-refractivity contribution in [2.45, 2.75) is 155 Å². The molecule has 1 unspecified atom stereocenters. The summed E-state index contributed by atoms with van der Waals surface area (Å²) in [4.78, 5) is 23.3. The lowest BCUT2D eigenvalue weighted by atomic mass is 10.1. The number of hydrogen-bond acceptors (Lipinski definition) is 3. The summed E-state index contributed by atoms with van der Waals surface area (Å²) < 4.78 is 5.62. The number of esters is 1. The summed E-state index contributed by atoms with van der Waals surface area (Å²) in [7, 11) is 0. The molecule has 0 heterocycles. The summed E-state index contributed by atoms with van der Waals surface area (Å²) in [6, 6.07) is 0. The molecule has 0 saturated carbocycles. The van der Waals surface area contributed by atoms with E-state index in [4.69, 9.17) is 9.84 Å². The van der Waals surface area contributed by atoms with E-state index < -0.39 is 5.97 Å². The van der Waals surface area contributed by atoms with Gasteiger partial charge in [0.25, 0.3) is 0 Å². The quantitative estimate of drug-likeness (QED) is 0.0591. The third-order valence-corrected chi connectivity index (χ3v) is 6.73. The molecule has 0 radical (unpaired) electrons. The summed E-state index contributed by atoms with van der Waals surface area (Å²) in [6.07, 6.45) is 42.3. The van der Waals surface area contributed by atoms with Crippen LogP contribution in [0.2, 0.25) is 0 Å². The number of hydrogen-bond donors (Lipinski definition) is 1. The summed E-state index contributed by atoms with van der Waals surface area (Å²) in [5.74, 6) is -1.07. The summed E-state index contributed by atoms with van der Waals surface area (Å²) in [5.41, 5.74) is 0. The molecule has 0 fully saturated rings. The highest BCUT2D eigenvalue weighted by atomic mass is 16.5. The van der Waals surface area contributed by atoms with Crippen molar-refractivity contribution in [3.8, 4) is 0 Å².